The number of amides is 7. The van der Waals surface area contributed by atoms with Crippen LogP contribution in [0.1, 0.15) is 150 Å². The number of aryl methyl sites for hydroxylation is 2. The van der Waals surface area contributed by atoms with Gasteiger partial charge in [0.15, 0.2) is 6.23 Å². The molecule has 0 aliphatic carbocycles. The third-order valence-corrected chi connectivity index (χ3v) is 21.6. The third kappa shape index (κ3) is 14.1. The van der Waals surface area contributed by atoms with E-state index in [0.29, 0.717) is 56.4 Å². The minimum Gasteiger partial charge on any atom is -0.756 e. The van der Waals surface area contributed by atoms with E-state index in [-0.39, 0.29) is 101 Å². The molecule has 6 aliphatic rings. The van der Waals surface area contributed by atoms with Crippen LogP contribution in [0.25, 0.3) is 16.4 Å². The number of carbonyl (C=O) groups excluding carboxylic acids is 7. The van der Waals surface area contributed by atoms with Gasteiger partial charge in [-0.15, -0.1) is 0 Å². The van der Waals surface area contributed by atoms with Crippen LogP contribution in [-0.4, -0.2) is 127 Å². The Hall–Kier alpha value is -6.49. The van der Waals surface area contributed by atoms with E-state index in [9.17, 15) is 53.2 Å². The Labute approximate surface area is 547 Å². The number of hydrogen-bond donors (Lipinski definition) is 9. The third-order valence-electron chi connectivity index (χ3n) is 20.5. The monoisotopic (exact) mass is 1340 g/mol. The Morgan fingerprint density at radius 2 is 1.38 bits per heavy atom. The van der Waals surface area contributed by atoms with Crippen molar-refractivity contribution in [3.05, 3.63) is 76.6 Å². The molecule has 1 aromatic heterocycles. The summed E-state index contributed by atoms with van der Waals surface area (Å²) in [6.07, 6.45) is -4.79. The average Bonchev–Trinajstić information content (AvgIpc) is 1.53. The van der Waals surface area contributed by atoms with Crippen molar-refractivity contribution in [2.24, 2.45) is 94.7 Å². The summed E-state index contributed by atoms with van der Waals surface area (Å²) in [6, 6.07) is 2.65. The molecule has 2 saturated heterocycles. The molecular weight excluding hydrogens is 1250 g/mol. The van der Waals surface area contributed by atoms with Crippen LogP contribution in [0.4, 0.5) is 0 Å². The second-order valence-electron chi connectivity index (χ2n) is 27.0. The Bertz CT molecular complexity index is 3540. The van der Waals surface area contributed by atoms with E-state index in [2.05, 4.69) is 10.3 Å². The quantitative estimate of drug-likeness (QED) is 0.0478. The molecule has 2 fully saturated rings. The van der Waals surface area contributed by atoms with Gasteiger partial charge in [0.05, 0.1) is 30.1 Å². The fourth-order valence-corrected chi connectivity index (χ4v) is 16.4. The number of ether oxygens (including phenoxy) is 1. The Morgan fingerprint density at radius 3 is 1.96 bits per heavy atom. The molecule has 1 aromatic carbocycles. The van der Waals surface area contributed by atoms with Crippen LogP contribution < -0.4 is 44.6 Å². The first kappa shape index (κ1) is 74.5. The first-order valence-electron chi connectivity index (χ1n) is 30.5. The van der Waals surface area contributed by atoms with Crippen LogP contribution in [0.2, 0.25) is 0 Å². The molecule has 15 atom stereocenters. The molecule has 0 saturated carbocycles. The van der Waals surface area contributed by atoms with Crippen molar-refractivity contribution >= 4 is 77.3 Å². The van der Waals surface area contributed by atoms with Crippen molar-refractivity contribution < 1.29 is 83.8 Å². The SMILES string of the molecule is C/C1=C2N=C(/C=C3N=C(/C(C)=C4\[N-][C@](C)([C@H]5N=C1[C@@](C)(CCC(=O)NC[C@H](C)OP(=O)([O-])O[C@@H]1[C@H](O)[C@H](n6cnc7cc(C)c(C)cc76)O[C@H]1CO)[C@@H]5CC(N)=O)[C@](C)(CC(N)=O)[C@H]4CCC(N)=O)[C@](C)(CC(N)=O)[C@H]\3CCC(N)=O)C(C)(C)[C@H]/2CCC(N)=O.[CH3-].[Co+2]. The van der Waals surface area contributed by atoms with Crippen molar-refractivity contribution in [3.63, 3.8) is 0 Å². The molecule has 15 N–H and O–H groups in total. The van der Waals surface area contributed by atoms with Gasteiger partial charge in [0.2, 0.25) is 41.4 Å². The number of aliphatic imine (C=N–C) groups is 3. The molecule has 7 amide bonds. The van der Waals surface area contributed by atoms with Crippen LogP contribution in [-0.2, 0) is 68.7 Å². The zero-order valence-electron chi connectivity index (χ0n) is 54.5. The Balaban J connectivity index is 0.00000672. The van der Waals surface area contributed by atoms with E-state index in [1.54, 1.807) is 6.92 Å². The van der Waals surface area contributed by atoms with Gasteiger partial charge < -0.3 is 85.9 Å². The number of nitrogens with zero attached hydrogens (tertiary/aromatic N) is 6. The molecule has 8 rings (SSSR count). The van der Waals surface area contributed by atoms with Gasteiger partial charge in [-0.1, -0.05) is 47.1 Å². The number of nitrogens with two attached hydrogens (primary N) is 6. The van der Waals surface area contributed by atoms with Gasteiger partial charge >= 0.3 is 16.8 Å². The summed E-state index contributed by atoms with van der Waals surface area (Å²) >= 11 is 0. The summed E-state index contributed by atoms with van der Waals surface area (Å²) in [5.74, 6) is -7.40. The average molecular weight is 1340 g/mol. The van der Waals surface area contributed by atoms with E-state index >= 15 is 0 Å². The number of primary amides is 6. The number of aromatic nitrogens is 2. The molecule has 29 heteroatoms. The van der Waals surface area contributed by atoms with Gasteiger partial charge in [0, 0.05) is 114 Å². The molecule has 1 radical (unpaired) electrons. The number of carbonyl (C=O) groups is 7. The smallest absolute Gasteiger partial charge is 0.756 e. The zero-order chi connectivity index (χ0) is 66.7. The van der Waals surface area contributed by atoms with E-state index < -0.39 is 143 Å². The maximum absolute atomic E-state index is 14.4. The minimum atomic E-state index is -5.32. The van der Waals surface area contributed by atoms with Crippen molar-refractivity contribution in [3.8, 4) is 0 Å². The molecule has 8 bridgehead atoms. The number of aliphatic hydroxyl groups excluding tert-OH is 2. The van der Waals surface area contributed by atoms with E-state index in [1.807, 2.05) is 80.5 Å². The summed E-state index contributed by atoms with van der Waals surface area (Å²) in [5.41, 5.74) is 36.7. The van der Waals surface area contributed by atoms with Crippen LogP contribution in [0.5, 0.6) is 0 Å². The standard InChI is InChI=1S/C62H90N13O14P.CH3.Co/c1-29-20-39-40(21-30(29)2)75(28-70-39)57-52(84)53(41(27-76)87-57)89-90(85,86)88-31(3)26-69-49(83)18-19-59(8)37(22-46(66)80)56-62(11)61(10,25-48(68)82)36(14-17-45(65)79)51(74-62)33(5)55-60(9,24-47(67)81)34(12-15-43(63)77)38(71-55)23-42-58(6,7)35(13-16-44(64)78)50(72-42)32(4)54(59)73-56;;/h20-21,23,28,31,34-37,41,52-53,56-57,76,84H,12-19,22,24-27H2,1-11H3,(H15,63,64,65,66,67,68,69,71,72,73,74,77,78,79,80,81,82,83,85,86);1H3;/q;-1;+2/p-2/t31-,34-,35-,36-,37+,41-,52-,53-,56-,57+,59-,60+,61+,62+;;/m0../s1. The van der Waals surface area contributed by atoms with Crippen molar-refractivity contribution in [1.82, 2.24) is 14.9 Å². The summed E-state index contributed by atoms with van der Waals surface area (Å²) in [6.45, 7) is 19.0. The fraction of sp³-hybridized carbons (Fsp3) is 0.619. The van der Waals surface area contributed by atoms with E-state index in [4.69, 9.17) is 68.5 Å². The topological polar surface area (TPSA) is 465 Å². The van der Waals surface area contributed by atoms with Crippen LogP contribution in [0.3, 0.4) is 0 Å². The number of phosphoric ester groups is 1. The molecule has 2 aromatic rings. The van der Waals surface area contributed by atoms with Gasteiger partial charge in [0.1, 0.15) is 18.3 Å². The van der Waals surface area contributed by atoms with Crippen molar-refractivity contribution in [2.45, 2.75) is 189 Å². The molecule has 0 spiro atoms. The molecule has 7 heterocycles. The normalized spacial score (nSPS) is 33.5. The van der Waals surface area contributed by atoms with Gasteiger partial charge in [-0.2, -0.15) is 5.70 Å². The summed E-state index contributed by atoms with van der Waals surface area (Å²) in [5, 5.41) is 30.1. The minimum absolute atomic E-state index is 0. The van der Waals surface area contributed by atoms with Crippen molar-refractivity contribution in [2.75, 3.05) is 13.2 Å². The molecule has 27 nitrogen and oxygen atoms in total. The number of allylic oxidation sites excluding steroid dienone is 6. The first-order chi connectivity index (χ1) is 41.8. The zero-order valence-corrected chi connectivity index (χ0v) is 56.4. The Kier molecular flexibility index (Phi) is 22.6. The number of aliphatic hydroxyl groups is 2. The summed E-state index contributed by atoms with van der Waals surface area (Å²) < 4.78 is 31.9. The maximum atomic E-state index is 14.4. The second-order valence-corrected chi connectivity index (χ2v) is 28.3. The number of rotatable bonds is 26. The summed E-state index contributed by atoms with van der Waals surface area (Å²) in [4.78, 5) is 128. The molecule has 507 valence electrons. The maximum Gasteiger partial charge on any atom is 2.00 e. The molecule has 1 unspecified atom stereocenters. The number of fused-ring (bicyclic) bond motifs is 7. The number of hydrogen-bond acceptors (Lipinski definition) is 18. The van der Waals surface area contributed by atoms with Crippen LogP contribution >= 0.6 is 7.82 Å². The summed E-state index contributed by atoms with van der Waals surface area (Å²) in [7, 11) is -5.32. The number of nitrogens with one attached hydrogen (secondary N) is 1. The largest absolute Gasteiger partial charge is 2.00 e. The fourth-order valence-electron chi connectivity index (χ4n) is 15.3. The molecule has 6 aliphatic heterocycles. The second kappa shape index (κ2) is 27.8. The van der Waals surface area contributed by atoms with Gasteiger partial charge in [-0.3, -0.25) is 53.1 Å². The van der Waals surface area contributed by atoms with Gasteiger partial charge in [0.25, 0.3) is 7.82 Å². The predicted octanol–water partition coefficient (Wildman–Crippen LogP) is 3.76. The molecule has 92 heavy (non-hydrogen) atoms. The number of phosphoric acid groups is 1. The van der Waals surface area contributed by atoms with Gasteiger partial charge in [-0.05, 0) is 118 Å². The number of imidazole rings is 1. The van der Waals surface area contributed by atoms with Gasteiger partial charge in [-0.25, -0.2) is 4.98 Å². The predicted molar refractivity (Wildman–Crippen MR) is 338 cm³/mol. The van der Waals surface area contributed by atoms with E-state index in [1.165, 1.54) is 17.8 Å². The van der Waals surface area contributed by atoms with E-state index in [0.717, 1.165) is 11.1 Å². The molecular formula is C63H91CoN13O14P-. The Morgan fingerprint density at radius 1 is 0.793 bits per heavy atom. The van der Waals surface area contributed by atoms with Crippen LogP contribution in [0, 0.1) is 66.6 Å². The number of benzene rings is 1. The van der Waals surface area contributed by atoms with Crippen molar-refractivity contribution in [1.29, 1.82) is 0 Å². The first-order valence-corrected chi connectivity index (χ1v) is 32.0. The van der Waals surface area contributed by atoms with Crippen LogP contribution in [0.15, 0.2) is 67.8 Å².